The van der Waals surface area contributed by atoms with E-state index in [1.54, 1.807) is 7.11 Å². The second-order valence-electron chi connectivity index (χ2n) is 6.92. The summed E-state index contributed by atoms with van der Waals surface area (Å²) in [5, 5.41) is 2.52. The third-order valence-electron chi connectivity index (χ3n) is 5.14. The van der Waals surface area contributed by atoms with Crippen LogP contribution in [-0.2, 0) is 6.54 Å². The summed E-state index contributed by atoms with van der Waals surface area (Å²) < 4.78 is 7.68. The van der Waals surface area contributed by atoms with Crippen LogP contribution < -0.4 is 4.74 Å². The van der Waals surface area contributed by atoms with Crippen LogP contribution in [0.25, 0.3) is 33.2 Å². The first-order chi connectivity index (χ1) is 13.8. The number of hydrogen-bond acceptors (Lipinski definition) is 2. The van der Waals surface area contributed by atoms with Gasteiger partial charge in [-0.15, -0.1) is 0 Å². The first-order valence-corrected chi connectivity index (χ1v) is 9.39. The Bertz CT molecular complexity index is 1270. The summed E-state index contributed by atoms with van der Waals surface area (Å²) >= 11 is 0. The molecule has 5 aromatic rings. The Labute approximate surface area is 163 Å². The Balaban J connectivity index is 1.67. The third-order valence-corrected chi connectivity index (χ3v) is 5.14. The van der Waals surface area contributed by atoms with E-state index in [0.29, 0.717) is 0 Å². The van der Waals surface area contributed by atoms with E-state index in [1.165, 1.54) is 16.3 Å². The number of fused-ring (bicyclic) bond motifs is 2. The average Bonchev–Trinajstić information content (AvgIpc) is 3.11. The Kier molecular flexibility index (Phi) is 4.06. The average molecular weight is 364 g/mol. The Morgan fingerprint density at radius 2 is 1.57 bits per heavy atom. The smallest absolute Gasteiger partial charge is 0.141 e. The molecule has 0 bridgehead atoms. The highest BCUT2D eigenvalue weighted by Gasteiger charge is 2.14. The molecule has 3 nitrogen and oxygen atoms in total. The Morgan fingerprint density at radius 3 is 2.39 bits per heavy atom. The maximum Gasteiger partial charge on any atom is 0.141 e. The van der Waals surface area contributed by atoms with E-state index in [-0.39, 0.29) is 0 Å². The second-order valence-corrected chi connectivity index (χ2v) is 6.92. The van der Waals surface area contributed by atoms with Crippen LogP contribution in [-0.4, -0.2) is 16.7 Å². The summed E-state index contributed by atoms with van der Waals surface area (Å²) in [6.45, 7) is 0.762. The van der Waals surface area contributed by atoms with Gasteiger partial charge in [0, 0.05) is 18.2 Å². The van der Waals surface area contributed by atoms with Crippen molar-refractivity contribution in [3.05, 3.63) is 96.6 Å². The molecule has 0 spiro atoms. The van der Waals surface area contributed by atoms with Crippen molar-refractivity contribution in [1.82, 2.24) is 9.55 Å². The van der Waals surface area contributed by atoms with Crippen LogP contribution in [0.5, 0.6) is 5.75 Å². The van der Waals surface area contributed by atoms with E-state index >= 15 is 0 Å². The largest absolute Gasteiger partial charge is 0.497 e. The van der Waals surface area contributed by atoms with E-state index in [9.17, 15) is 0 Å². The van der Waals surface area contributed by atoms with Crippen LogP contribution in [0.3, 0.4) is 0 Å². The van der Waals surface area contributed by atoms with Crippen LogP contribution in [0.15, 0.2) is 91.0 Å². The van der Waals surface area contributed by atoms with Crippen molar-refractivity contribution >= 4 is 21.8 Å². The van der Waals surface area contributed by atoms with Gasteiger partial charge in [0.05, 0.1) is 18.1 Å². The lowest BCUT2D eigenvalue weighted by atomic mass is 10.1. The van der Waals surface area contributed by atoms with Gasteiger partial charge in [-0.05, 0) is 34.5 Å². The van der Waals surface area contributed by atoms with Crippen LogP contribution in [0.2, 0.25) is 0 Å². The van der Waals surface area contributed by atoms with E-state index in [1.807, 2.05) is 18.2 Å². The molecule has 3 heteroatoms. The van der Waals surface area contributed by atoms with Crippen molar-refractivity contribution in [2.75, 3.05) is 7.11 Å². The van der Waals surface area contributed by atoms with Crippen LogP contribution in [0.4, 0.5) is 0 Å². The number of rotatable bonds is 4. The number of hydrogen-bond donors (Lipinski definition) is 0. The number of aromatic nitrogens is 2. The number of methoxy groups -OCH3 is 1. The van der Waals surface area contributed by atoms with E-state index in [0.717, 1.165) is 34.7 Å². The van der Waals surface area contributed by atoms with Gasteiger partial charge in [-0.25, -0.2) is 4.98 Å². The lowest BCUT2D eigenvalue weighted by Gasteiger charge is -2.11. The monoisotopic (exact) mass is 364 g/mol. The number of ether oxygens (including phenoxy) is 1. The molecule has 0 amide bonds. The minimum absolute atomic E-state index is 0.762. The minimum atomic E-state index is 0.762. The highest BCUT2D eigenvalue weighted by molar-refractivity contribution is 5.84. The highest BCUT2D eigenvalue weighted by Crippen LogP contribution is 2.29. The molecule has 0 unspecified atom stereocenters. The molecule has 0 atom stereocenters. The summed E-state index contributed by atoms with van der Waals surface area (Å²) in [6.07, 6.45) is 0. The van der Waals surface area contributed by atoms with Gasteiger partial charge < -0.3 is 9.30 Å². The molecule has 0 saturated heterocycles. The van der Waals surface area contributed by atoms with Crippen molar-refractivity contribution in [1.29, 1.82) is 0 Å². The van der Waals surface area contributed by atoms with Crippen molar-refractivity contribution in [2.45, 2.75) is 6.54 Å². The molecule has 0 fully saturated rings. The normalized spacial score (nSPS) is 11.2. The van der Waals surface area contributed by atoms with Gasteiger partial charge in [-0.3, -0.25) is 0 Å². The zero-order valence-electron chi connectivity index (χ0n) is 15.7. The summed E-state index contributed by atoms with van der Waals surface area (Å²) in [7, 11) is 1.69. The summed E-state index contributed by atoms with van der Waals surface area (Å²) in [4.78, 5) is 4.93. The molecule has 1 heterocycles. The predicted molar refractivity (Wildman–Crippen MR) is 115 cm³/mol. The second kappa shape index (κ2) is 6.86. The molecule has 0 aliphatic rings. The van der Waals surface area contributed by atoms with Gasteiger partial charge in [-0.1, -0.05) is 66.7 Å². The molecule has 0 aliphatic heterocycles. The first-order valence-electron chi connectivity index (χ1n) is 9.39. The topological polar surface area (TPSA) is 27.1 Å². The SMILES string of the molecule is COc1ccc2c(c1)nc(-c1ccccc1)n2Cc1ccc2ccccc2c1. The van der Waals surface area contributed by atoms with Gasteiger partial charge in [0.15, 0.2) is 0 Å². The molecule has 4 aromatic carbocycles. The molecular weight excluding hydrogens is 344 g/mol. The van der Waals surface area contributed by atoms with Crippen LogP contribution in [0, 0.1) is 0 Å². The summed E-state index contributed by atoms with van der Waals surface area (Å²) in [5.41, 5.74) is 4.41. The van der Waals surface area contributed by atoms with Crippen LogP contribution in [0.1, 0.15) is 5.56 Å². The van der Waals surface area contributed by atoms with E-state index in [4.69, 9.17) is 9.72 Å². The molecular formula is C25H20N2O. The van der Waals surface area contributed by atoms with Gasteiger partial charge in [-0.2, -0.15) is 0 Å². The first kappa shape index (κ1) is 16.6. The van der Waals surface area contributed by atoms with Crippen LogP contribution >= 0.6 is 0 Å². The quantitative estimate of drug-likeness (QED) is 0.396. The molecule has 0 N–H and O–H groups in total. The van der Waals surface area contributed by atoms with Gasteiger partial charge >= 0.3 is 0 Å². The summed E-state index contributed by atoms with van der Waals surface area (Å²) in [5.74, 6) is 1.79. The van der Waals surface area contributed by atoms with E-state index in [2.05, 4.69) is 77.4 Å². The van der Waals surface area contributed by atoms with Gasteiger partial charge in [0.2, 0.25) is 0 Å². The van der Waals surface area contributed by atoms with Crippen molar-refractivity contribution in [3.63, 3.8) is 0 Å². The number of imidazole rings is 1. The number of nitrogens with zero attached hydrogens (tertiary/aromatic N) is 2. The molecule has 1 aromatic heterocycles. The fraction of sp³-hybridized carbons (Fsp3) is 0.0800. The standard InChI is InChI=1S/C25H20N2O/c1-28-22-13-14-24-23(16-22)26-25(20-8-3-2-4-9-20)27(24)17-18-11-12-19-7-5-6-10-21(19)15-18/h2-16H,17H2,1H3. The predicted octanol–water partition coefficient (Wildman–Crippen LogP) is 5.91. The van der Waals surface area contributed by atoms with Gasteiger partial charge in [0.25, 0.3) is 0 Å². The van der Waals surface area contributed by atoms with Gasteiger partial charge in [0.1, 0.15) is 11.6 Å². The molecule has 28 heavy (non-hydrogen) atoms. The van der Waals surface area contributed by atoms with E-state index < -0.39 is 0 Å². The zero-order chi connectivity index (χ0) is 18.9. The summed E-state index contributed by atoms with van der Waals surface area (Å²) in [6, 6.07) is 31.6. The Hall–Kier alpha value is -3.59. The minimum Gasteiger partial charge on any atom is -0.497 e. The maximum atomic E-state index is 5.39. The molecule has 136 valence electrons. The Morgan fingerprint density at radius 1 is 0.786 bits per heavy atom. The fourth-order valence-corrected chi connectivity index (χ4v) is 3.72. The molecule has 0 aliphatic carbocycles. The molecule has 0 radical (unpaired) electrons. The molecule has 0 saturated carbocycles. The zero-order valence-corrected chi connectivity index (χ0v) is 15.7. The third kappa shape index (κ3) is 2.91. The highest BCUT2D eigenvalue weighted by atomic mass is 16.5. The lowest BCUT2D eigenvalue weighted by molar-refractivity contribution is 0.415. The maximum absolute atomic E-state index is 5.39. The fourth-order valence-electron chi connectivity index (χ4n) is 3.72. The van der Waals surface area contributed by atoms with Crippen molar-refractivity contribution < 1.29 is 4.74 Å². The lowest BCUT2D eigenvalue weighted by Crippen LogP contribution is -2.02. The van der Waals surface area contributed by atoms with Crippen molar-refractivity contribution in [3.8, 4) is 17.1 Å². The van der Waals surface area contributed by atoms with Crippen molar-refractivity contribution in [2.24, 2.45) is 0 Å². The molecule has 5 rings (SSSR count). The number of benzene rings is 4.